The number of hydrogen-bond acceptors (Lipinski definition) is 3. The van der Waals surface area contributed by atoms with E-state index in [1.54, 1.807) is 12.1 Å². The molecule has 14 heavy (non-hydrogen) atoms. The minimum atomic E-state index is -0.645. The summed E-state index contributed by atoms with van der Waals surface area (Å²) in [6.07, 6.45) is 0. The van der Waals surface area contributed by atoms with Crippen molar-refractivity contribution in [2.24, 2.45) is 0 Å². The van der Waals surface area contributed by atoms with Crippen molar-refractivity contribution in [2.45, 2.75) is 13.3 Å². The van der Waals surface area contributed by atoms with Crippen LogP contribution >= 0.6 is 0 Å². The summed E-state index contributed by atoms with van der Waals surface area (Å²) in [7, 11) is 2.93. The van der Waals surface area contributed by atoms with Gasteiger partial charge in [-0.15, -0.1) is 0 Å². The molecule has 0 spiro atoms. The monoisotopic (exact) mass is 200 g/mol. The lowest BCUT2D eigenvalue weighted by Gasteiger charge is -2.12. The van der Waals surface area contributed by atoms with Gasteiger partial charge in [-0.25, -0.2) is 4.39 Å². The smallest absolute Gasteiger partial charge is 0.166 e. The average Bonchev–Trinajstić information content (AvgIpc) is 2.26. The van der Waals surface area contributed by atoms with Gasteiger partial charge in [0.25, 0.3) is 0 Å². The maximum Gasteiger partial charge on any atom is 0.166 e. The van der Waals surface area contributed by atoms with E-state index in [4.69, 9.17) is 14.6 Å². The Morgan fingerprint density at radius 2 is 2.00 bits per heavy atom. The summed E-state index contributed by atoms with van der Waals surface area (Å²) < 4.78 is 22.6. The predicted octanol–water partition coefficient (Wildman–Crippen LogP) is 1.67. The summed E-state index contributed by atoms with van der Waals surface area (Å²) in [6, 6.07) is 3.18. The molecule has 4 heteroatoms. The highest BCUT2D eigenvalue weighted by Gasteiger charge is 2.11. The van der Waals surface area contributed by atoms with Gasteiger partial charge in [0.2, 0.25) is 0 Å². The second-order valence-electron chi connectivity index (χ2n) is 2.78. The summed E-state index contributed by atoms with van der Waals surface area (Å²) in [4.78, 5) is 0. The molecule has 0 bridgehead atoms. The molecular formula is C10H13FO3. The number of alkyl halides is 1. The molecule has 0 radical (unpaired) electrons. The number of aliphatic hydroxyl groups excluding tert-OH is 1. The first kappa shape index (κ1) is 10.8. The summed E-state index contributed by atoms with van der Waals surface area (Å²) in [5.41, 5.74) is 0.992. The first-order valence-electron chi connectivity index (χ1n) is 4.17. The fourth-order valence-electron chi connectivity index (χ4n) is 1.30. The van der Waals surface area contributed by atoms with Gasteiger partial charge in [-0.05, 0) is 17.7 Å². The second-order valence-corrected chi connectivity index (χ2v) is 2.78. The van der Waals surface area contributed by atoms with E-state index in [9.17, 15) is 4.39 Å². The summed E-state index contributed by atoms with van der Waals surface area (Å²) >= 11 is 0. The number of hydrogen-bond donors (Lipinski definition) is 1. The van der Waals surface area contributed by atoms with Gasteiger partial charge in [0, 0.05) is 5.56 Å². The molecule has 0 saturated heterocycles. The molecule has 1 N–H and O–H groups in total. The van der Waals surface area contributed by atoms with Gasteiger partial charge in [-0.1, -0.05) is 0 Å². The van der Waals surface area contributed by atoms with Gasteiger partial charge < -0.3 is 14.6 Å². The zero-order chi connectivity index (χ0) is 10.6. The molecule has 0 aliphatic carbocycles. The summed E-state index contributed by atoms with van der Waals surface area (Å²) in [6.45, 7) is -0.791. The van der Waals surface area contributed by atoms with E-state index < -0.39 is 6.67 Å². The Balaban J connectivity index is 3.24. The van der Waals surface area contributed by atoms with Gasteiger partial charge in [-0.2, -0.15) is 0 Å². The molecule has 0 aliphatic rings. The molecule has 0 heterocycles. The molecule has 3 nitrogen and oxygen atoms in total. The van der Waals surface area contributed by atoms with Crippen LogP contribution < -0.4 is 9.47 Å². The van der Waals surface area contributed by atoms with Crippen molar-refractivity contribution in [1.82, 2.24) is 0 Å². The van der Waals surface area contributed by atoms with Crippen molar-refractivity contribution >= 4 is 0 Å². The minimum absolute atomic E-state index is 0.145. The average molecular weight is 200 g/mol. The van der Waals surface area contributed by atoms with E-state index >= 15 is 0 Å². The lowest BCUT2D eigenvalue weighted by Crippen LogP contribution is -1.97. The van der Waals surface area contributed by atoms with Crippen molar-refractivity contribution < 1.29 is 19.0 Å². The van der Waals surface area contributed by atoms with E-state index in [0.29, 0.717) is 22.6 Å². The van der Waals surface area contributed by atoms with E-state index in [2.05, 4.69) is 0 Å². The number of benzene rings is 1. The van der Waals surface area contributed by atoms with Crippen LogP contribution in [0.15, 0.2) is 12.1 Å². The fourth-order valence-corrected chi connectivity index (χ4v) is 1.30. The van der Waals surface area contributed by atoms with Gasteiger partial charge in [0.05, 0.1) is 20.8 Å². The van der Waals surface area contributed by atoms with Crippen molar-refractivity contribution in [3.63, 3.8) is 0 Å². The Hall–Kier alpha value is -1.29. The molecule has 1 aromatic carbocycles. The zero-order valence-electron chi connectivity index (χ0n) is 8.21. The number of methoxy groups -OCH3 is 2. The fraction of sp³-hybridized carbons (Fsp3) is 0.400. The molecular weight excluding hydrogens is 187 g/mol. The van der Waals surface area contributed by atoms with Crippen LogP contribution in [-0.2, 0) is 13.3 Å². The van der Waals surface area contributed by atoms with Gasteiger partial charge in [-0.3, -0.25) is 0 Å². The number of halogens is 1. The Morgan fingerprint density at radius 3 is 2.43 bits per heavy atom. The summed E-state index contributed by atoms with van der Waals surface area (Å²) in [5.74, 6) is 0.818. The summed E-state index contributed by atoms with van der Waals surface area (Å²) in [5, 5.41) is 8.92. The van der Waals surface area contributed by atoms with E-state index in [1.165, 1.54) is 14.2 Å². The molecule has 78 valence electrons. The van der Waals surface area contributed by atoms with Crippen LogP contribution in [0, 0.1) is 0 Å². The maximum atomic E-state index is 12.6. The Kier molecular flexibility index (Phi) is 3.71. The van der Waals surface area contributed by atoms with Crippen molar-refractivity contribution in [3.05, 3.63) is 23.3 Å². The number of aliphatic hydroxyl groups is 1. The van der Waals surface area contributed by atoms with Gasteiger partial charge in [0.15, 0.2) is 11.5 Å². The Labute approximate surface area is 82.1 Å². The standard InChI is InChI=1S/C10H13FO3/c1-13-9-4-7(6-12)3-8(5-11)10(9)14-2/h3-4,12H,5-6H2,1-2H3. The topological polar surface area (TPSA) is 38.7 Å². The molecule has 0 amide bonds. The highest BCUT2D eigenvalue weighted by molar-refractivity contribution is 5.49. The van der Waals surface area contributed by atoms with Crippen LogP contribution in [0.5, 0.6) is 11.5 Å². The molecule has 0 aromatic heterocycles. The van der Waals surface area contributed by atoms with Gasteiger partial charge >= 0.3 is 0 Å². The lowest BCUT2D eigenvalue weighted by molar-refractivity contribution is 0.279. The molecule has 0 unspecified atom stereocenters. The van der Waals surface area contributed by atoms with Crippen LogP contribution in [-0.4, -0.2) is 19.3 Å². The third kappa shape index (κ3) is 1.96. The SMILES string of the molecule is COc1cc(CO)cc(CF)c1OC. The lowest BCUT2D eigenvalue weighted by atomic mass is 10.1. The van der Waals surface area contributed by atoms with Crippen molar-refractivity contribution in [1.29, 1.82) is 0 Å². The highest BCUT2D eigenvalue weighted by atomic mass is 19.1. The van der Waals surface area contributed by atoms with E-state index in [0.717, 1.165) is 0 Å². The Morgan fingerprint density at radius 1 is 1.29 bits per heavy atom. The van der Waals surface area contributed by atoms with Crippen LogP contribution in [0.2, 0.25) is 0 Å². The quantitative estimate of drug-likeness (QED) is 0.803. The van der Waals surface area contributed by atoms with Gasteiger partial charge in [0.1, 0.15) is 6.67 Å². The van der Waals surface area contributed by atoms with Crippen LogP contribution in [0.1, 0.15) is 11.1 Å². The number of rotatable bonds is 4. The molecule has 1 aromatic rings. The van der Waals surface area contributed by atoms with E-state index in [1.807, 2.05) is 0 Å². The third-order valence-electron chi connectivity index (χ3n) is 1.94. The van der Waals surface area contributed by atoms with Crippen LogP contribution in [0.3, 0.4) is 0 Å². The van der Waals surface area contributed by atoms with Crippen molar-refractivity contribution in [2.75, 3.05) is 14.2 Å². The number of ether oxygens (including phenoxy) is 2. The van der Waals surface area contributed by atoms with Crippen LogP contribution in [0.4, 0.5) is 4.39 Å². The highest BCUT2D eigenvalue weighted by Crippen LogP contribution is 2.33. The van der Waals surface area contributed by atoms with Crippen molar-refractivity contribution in [3.8, 4) is 11.5 Å². The first-order valence-corrected chi connectivity index (χ1v) is 4.17. The zero-order valence-corrected chi connectivity index (χ0v) is 8.21. The maximum absolute atomic E-state index is 12.6. The normalized spacial score (nSPS) is 10.0. The predicted molar refractivity (Wildman–Crippen MR) is 50.3 cm³/mol. The second kappa shape index (κ2) is 4.81. The Bertz CT molecular complexity index is 287. The largest absolute Gasteiger partial charge is 0.493 e. The first-order chi connectivity index (χ1) is 6.76. The minimum Gasteiger partial charge on any atom is -0.493 e. The van der Waals surface area contributed by atoms with Crippen LogP contribution in [0.25, 0.3) is 0 Å². The molecule has 1 rings (SSSR count). The third-order valence-corrected chi connectivity index (χ3v) is 1.94. The van der Waals surface area contributed by atoms with E-state index in [-0.39, 0.29) is 6.61 Å². The molecule has 0 atom stereocenters. The molecule has 0 saturated carbocycles. The molecule has 0 aliphatic heterocycles. The molecule has 0 fully saturated rings.